The van der Waals surface area contributed by atoms with Crippen LogP contribution in [0.3, 0.4) is 0 Å². The molecular formula is C12H19F3N4O2. The second kappa shape index (κ2) is 7.99. The molecule has 0 aliphatic rings. The molecule has 0 unspecified atom stereocenters. The predicted molar refractivity (Wildman–Crippen MR) is 69.8 cm³/mol. The molecule has 1 heterocycles. The van der Waals surface area contributed by atoms with Crippen LogP contribution in [-0.4, -0.2) is 48.2 Å². The number of amides is 1. The number of alkyl halides is 3. The lowest BCUT2D eigenvalue weighted by Crippen LogP contribution is -2.29. The Hall–Kier alpha value is -1.61. The Morgan fingerprint density at radius 1 is 1.52 bits per heavy atom. The first kappa shape index (κ1) is 17.4. The number of hydrogen-bond acceptors (Lipinski definition) is 4. The predicted octanol–water partition coefficient (Wildman–Crippen LogP) is 0.849. The maximum Gasteiger partial charge on any atom is 0.411 e. The average molecular weight is 308 g/mol. The van der Waals surface area contributed by atoms with Crippen molar-refractivity contribution in [1.29, 1.82) is 0 Å². The Morgan fingerprint density at radius 2 is 2.24 bits per heavy atom. The molecule has 0 saturated heterocycles. The Balaban J connectivity index is 2.37. The molecular weight excluding hydrogens is 289 g/mol. The van der Waals surface area contributed by atoms with Gasteiger partial charge >= 0.3 is 6.18 Å². The van der Waals surface area contributed by atoms with Gasteiger partial charge in [-0.15, -0.1) is 0 Å². The summed E-state index contributed by atoms with van der Waals surface area (Å²) in [5.74, 6) is -0.387. The maximum absolute atomic E-state index is 11.8. The highest BCUT2D eigenvalue weighted by atomic mass is 19.4. The molecule has 0 atom stereocenters. The molecule has 0 spiro atoms. The molecule has 9 heteroatoms. The summed E-state index contributed by atoms with van der Waals surface area (Å²) in [5.41, 5.74) is 6.49. The van der Waals surface area contributed by atoms with Crippen LogP contribution in [0.1, 0.15) is 22.5 Å². The summed E-state index contributed by atoms with van der Waals surface area (Å²) >= 11 is 0. The smallest absolute Gasteiger partial charge is 0.370 e. The van der Waals surface area contributed by atoms with E-state index >= 15 is 0 Å². The van der Waals surface area contributed by atoms with Gasteiger partial charge in [-0.25, -0.2) is 0 Å². The summed E-state index contributed by atoms with van der Waals surface area (Å²) in [6, 6.07) is 0. The number of aryl methyl sites for hydroxylation is 1. The van der Waals surface area contributed by atoms with Gasteiger partial charge in [0.15, 0.2) is 0 Å². The zero-order valence-corrected chi connectivity index (χ0v) is 11.7. The molecule has 0 bridgehead atoms. The molecule has 120 valence electrons. The number of halogens is 3. The van der Waals surface area contributed by atoms with Crippen LogP contribution in [0.2, 0.25) is 0 Å². The van der Waals surface area contributed by atoms with Crippen molar-refractivity contribution in [3.05, 3.63) is 17.5 Å². The lowest BCUT2D eigenvalue weighted by Gasteiger charge is -2.08. The van der Waals surface area contributed by atoms with Crippen molar-refractivity contribution in [3.8, 4) is 0 Å². The lowest BCUT2D eigenvalue weighted by molar-refractivity contribution is -0.173. The lowest BCUT2D eigenvalue weighted by atomic mass is 10.2. The van der Waals surface area contributed by atoms with Gasteiger partial charge in [0.25, 0.3) is 5.91 Å². The van der Waals surface area contributed by atoms with Crippen LogP contribution in [-0.2, 0) is 11.3 Å². The number of hydrogen-bond donors (Lipinski definition) is 2. The number of aromatic nitrogens is 2. The highest BCUT2D eigenvalue weighted by Gasteiger charge is 2.27. The van der Waals surface area contributed by atoms with E-state index in [0.717, 1.165) is 6.42 Å². The van der Waals surface area contributed by atoms with Crippen molar-refractivity contribution in [2.24, 2.45) is 5.73 Å². The van der Waals surface area contributed by atoms with Gasteiger partial charge in [0.1, 0.15) is 6.61 Å². The number of nitrogens with two attached hydrogens (primary N) is 1. The molecule has 0 saturated carbocycles. The number of carbonyl (C=O) groups excluding carboxylic acids is 1. The van der Waals surface area contributed by atoms with Crippen molar-refractivity contribution in [1.82, 2.24) is 15.1 Å². The maximum atomic E-state index is 11.8. The van der Waals surface area contributed by atoms with Gasteiger partial charge in [0.2, 0.25) is 0 Å². The topological polar surface area (TPSA) is 82.2 Å². The average Bonchev–Trinajstić information content (AvgIpc) is 2.76. The van der Waals surface area contributed by atoms with Gasteiger partial charge in [-0.3, -0.25) is 9.48 Å². The van der Waals surface area contributed by atoms with Crippen molar-refractivity contribution >= 4 is 5.91 Å². The molecule has 1 amide bonds. The number of nitrogens with zero attached hydrogens (tertiary/aromatic N) is 2. The Morgan fingerprint density at radius 3 is 2.86 bits per heavy atom. The molecule has 1 aromatic heterocycles. The van der Waals surface area contributed by atoms with Gasteiger partial charge in [-0.05, 0) is 19.9 Å². The minimum atomic E-state index is -4.36. The normalized spacial score (nSPS) is 11.7. The van der Waals surface area contributed by atoms with Crippen LogP contribution in [0, 0.1) is 6.92 Å². The van der Waals surface area contributed by atoms with E-state index in [2.05, 4.69) is 15.2 Å². The first-order valence-corrected chi connectivity index (χ1v) is 6.50. The number of ether oxygens (including phenoxy) is 1. The van der Waals surface area contributed by atoms with Crippen molar-refractivity contribution in [3.63, 3.8) is 0 Å². The van der Waals surface area contributed by atoms with Crippen LogP contribution in [0.15, 0.2) is 6.20 Å². The summed E-state index contributed by atoms with van der Waals surface area (Å²) in [7, 11) is 0. The molecule has 0 aliphatic heterocycles. The fourth-order valence-electron chi connectivity index (χ4n) is 1.66. The van der Waals surface area contributed by atoms with Gasteiger partial charge in [-0.1, -0.05) is 0 Å². The van der Waals surface area contributed by atoms with Gasteiger partial charge < -0.3 is 15.8 Å². The molecule has 1 aromatic rings. The van der Waals surface area contributed by atoms with E-state index in [-0.39, 0.29) is 19.1 Å². The van der Waals surface area contributed by atoms with Crippen LogP contribution in [0.25, 0.3) is 0 Å². The van der Waals surface area contributed by atoms with Gasteiger partial charge in [0, 0.05) is 18.8 Å². The standard InChI is InChI=1S/C12H19F3N4O2/c1-9-10(7-18-19(9)5-2-3-16)11(20)17-4-6-21-8-12(13,14)15/h7H,2-6,8,16H2,1H3,(H,17,20). The number of nitrogens with one attached hydrogen (secondary N) is 1. The summed E-state index contributed by atoms with van der Waals surface area (Å²) in [6.45, 7) is 1.37. The molecule has 1 rings (SSSR count). The third-order valence-electron chi connectivity index (χ3n) is 2.72. The molecule has 0 fully saturated rings. The second-order valence-electron chi connectivity index (χ2n) is 4.43. The van der Waals surface area contributed by atoms with Crippen molar-refractivity contribution < 1.29 is 22.7 Å². The Labute approximate surface area is 120 Å². The fraction of sp³-hybridized carbons (Fsp3) is 0.667. The molecule has 0 radical (unpaired) electrons. The van der Waals surface area contributed by atoms with E-state index in [1.54, 1.807) is 11.6 Å². The van der Waals surface area contributed by atoms with E-state index in [0.29, 0.717) is 24.3 Å². The summed E-state index contributed by atoms with van der Waals surface area (Å²) in [5, 5.41) is 6.56. The molecule has 0 aromatic carbocycles. The van der Waals surface area contributed by atoms with E-state index in [9.17, 15) is 18.0 Å². The Bertz CT molecular complexity index is 460. The highest BCUT2D eigenvalue weighted by Crippen LogP contribution is 2.14. The zero-order valence-electron chi connectivity index (χ0n) is 11.7. The van der Waals surface area contributed by atoms with Crippen molar-refractivity contribution in [2.75, 3.05) is 26.3 Å². The highest BCUT2D eigenvalue weighted by molar-refractivity contribution is 5.94. The van der Waals surface area contributed by atoms with Crippen LogP contribution < -0.4 is 11.1 Å². The summed E-state index contributed by atoms with van der Waals surface area (Å²) in [4.78, 5) is 11.8. The molecule has 3 N–H and O–H groups in total. The first-order valence-electron chi connectivity index (χ1n) is 6.50. The first-order chi connectivity index (χ1) is 9.85. The molecule has 0 aliphatic carbocycles. The second-order valence-corrected chi connectivity index (χ2v) is 4.43. The summed E-state index contributed by atoms with van der Waals surface area (Å²) in [6.07, 6.45) is -2.18. The van der Waals surface area contributed by atoms with Crippen LogP contribution >= 0.6 is 0 Å². The zero-order chi connectivity index (χ0) is 15.9. The number of carbonyl (C=O) groups is 1. The molecule has 21 heavy (non-hydrogen) atoms. The van der Waals surface area contributed by atoms with Crippen LogP contribution in [0.5, 0.6) is 0 Å². The van der Waals surface area contributed by atoms with Crippen LogP contribution in [0.4, 0.5) is 13.2 Å². The minimum absolute atomic E-state index is 0.00231. The Kier molecular flexibility index (Phi) is 6.63. The van der Waals surface area contributed by atoms with Gasteiger partial charge in [0.05, 0.1) is 18.4 Å². The molecule has 6 nitrogen and oxygen atoms in total. The van der Waals surface area contributed by atoms with E-state index in [1.807, 2.05) is 0 Å². The number of rotatable bonds is 8. The monoisotopic (exact) mass is 308 g/mol. The quantitative estimate of drug-likeness (QED) is 0.698. The fourth-order valence-corrected chi connectivity index (χ4v) is 1.66. The van der Waals surface area contributed by atoms with E-state index in [1.165, 1.54) is 6.20 Å². The third-order valence-corrected chi connectivity index (χ3v) is 2.72. The van der Waals surface area contributed by atoms with E-state index in [4.69, 9.17) is 5.73 Å². The third kappa shape index (κ3) is 6.13. The SMILES string of the molecule is Cc1c(C(=O)NCCOCC(F)(F)F)cnn1CCCN. The minimum Gasteiger partial charge on any atom is -0.370 e. The summed E-state index contributed by atoms with van der Waals surface area (Å²) < 4.78 is 41.6. The van der Waals surface area contributed by atoms with Gasteiger partial charge in [-0.2, -0.15) is 18.3 Å². The largest absolute Gasteiger partial charge is 0.411 e. The van der Waals surface area contributed by atoms with E-state index < -0.39 is 12.8 Å². The van der Waals surface area contributed by atoms with Crippen molar-refractivity contribution in [2.45, 2.75) is 26.1 Å².